The van der Waals surface area contributed by atoms with Gasteiger partial charge in [-0.2, -0.15) is 0 Å². The maximum absolute atomic E-state index is 12.0. The molecule has 3 aromatic rings. The summed E-state index contributed by atoms with van der Waals surface area (Å²) < 4.78 is 6.13. The van der Waals surface area contributed by atoms with E-state index >= 15 is 0 Å². The SMILES string of the molecule is Cc1ccc(-c2c(COc3ccc(C)cc3C(N)=O)c(C)nc(CC(C)C)c2CNC(=O)O)cc1. The van der Waals surface area contributed by atoms with Crippen LogP contribution in [0.15, 0.2) is 42.5 Å². The van der Waals surface area contributed by atoms with Crippen LogP contribution in [0.25, 0.3) is 11.1 Å². The molecule has 0 fully saturated rings. The Kier molecular flexibility index (Phi) is 8.12. The number of aryl methyl sites for hydroxylation is 3. The van der Waals surface area contributed by atoms with Crippen molar-refractivity contribution >= 4 is 12.0 Å². The number of amides is 2. The minimum Gasteiger partial charge on any atom is -0.488 e. The van der Waals surface area contributed by atoms with Gasteiger partial charge in [-0.15, -0.1) is 0 Å². The molecule has 7 nitrogen and oxygen atoms in total. The molecule has 184 valence electrons. The zero-order valence-electron chi connectivity index (χ0n) is 20.9. The number of hydrogen-bond acceptors (Lipinski definition) is 4. The van der Waals surface area contributed by atoms with Gasteiger partial charge in [-0.25, -0.2) is 4.79 Å². The summed E-state index contributed by atoms with van der Waals surface area (Å²) in [6.45, 7) is 10.3. The first kappa shape index (κ1) is 25.7. The second-order valence-corrected chi connectivity index (χ2v) is 9.25. The second-order valence-electron chi connectivity index (χ2n) is 9.25. The molecule has 0 saturated carbocycles. The van der Waals surface area contributed by atoms with Gasteiger partial charge in [0.2, 0.25) is 0 Å². The molecular formula is C28H33N3O4. The first-order chi connectivity index (χ1) is 16.6. The largest absolute Gasteiger partial charge is 0.488 e. The molecule has 0 spiro atoms. The van der Waals surface area contributed by atoms with Crippen molar-refractivity contribution in [1.82, 2.24) is 10.3 Å². The molecule has 0 unspecified atom stereocenters. The first-order valence-electron chi connectivity index (χ1n) is 11.6. The van der Waals surface area contributed by atoms with Gasteiger partial charge in [-0.1, -0.05) is 55.3 Å². The van der Waals surface area contributed by atoms with Gasteiger partial charge in [0, 0.05) is 29.1 Å². The number of nitrogens with zero attached hydrogens (tertiary/aromatic N) is 1. The lowest BCUT2D eigenvalue weighted by Crippen LogP contribution is -2.23. The van der Waals surface area contributed by atoms with Crippen molar-refractivity contribution < 1.29 is 19.4 Å². The van der Waals surface area contributed by atoms with E-state index in [4.69, 9.17) is 15.5 Å². The van der Waals surface area contributed by atoms with Crippen molar-refractivity contribution in [2.45, 2.75) is 54.2 Å². The number of primary amides is 1. The molecule has 1 aromatic heterocycles. The van der Waals surface area contributed by atoms with E-state index in [1.54, 1.807) is 12.1 Å². The Labute approximate surface area is 206 Å². The molecule has 4 N–H and O–H groups in total. The van der Waals surface area contributed by atoms with Gasteiger partial charge in [-0.3, -0.25) is 9.78 Å². The standard InChI is InChI=1S/C28H33N3O4/c1-16(2)12-24-22(14-30-28(33)34)26(20-9-6-17(3)7-10-20)23(19(5)31-24)15-35-25-11-8-18(4)13-21(25)27(29)32/h6-11,13,16,30H,12,14-15H2,1-5H3,(H2,29,32)(H,33,34). The predicted molar refractivity (Wildman–Crippen MR) is 137 cm³/mol. The number of carbonyl (C=O) groups excluding carboxylic acids is 1. The fourth-order valence-electron chi connectivity index (χ4n) is 4.11. The van der Waals surface area contributed by atoms with Crippen LogP contribution in [-0.4, -0.2) is 22.1 Å². The maximum atomic E-state index is 12.0. The number of hydrogen-bond donors (Lipinski definition) is 3. The quantitative estimate of drug-likeness (QED) is 0.388. The first-order valence-corrected chi connectivity index (χ1v) is 11.6. The van der Waals surface area contributed by atoms with Crippen molar-refractivity contribution in [2.24, 2.45) is 11.7 Å². The highest BCUT2D eigenvalue weighted by Gasteiger charge is 2.21. The van der Waals surface area contributed by atoms with Crippen LogP contribution in [0, 0.1) is 26.7 Å². The zero-order chi connectivity index (χ0) is 25.7. The van der Waals surface area contributed by atoms with Gasteiger partial charge in [-0.05, 0) is 56.4 Å². The normalized spacial score (nSPS) is 10.9. The minimum atomic E-state index is -1.10. The van der Waals surface area contributed by atoms with E-state index in [1.807, 2.05) is 51.1 Å². The number of nitrogens with two attached hydrogens (primary N) is 1. The Morgan fingerprint density at radius 1 is 1.03 bits per heavy atom. The topological polar surface area (TPSA) is 115 Å². The van der Waals surface area contributed by atoms with Gasteiger partial charge in [0.25, 0.3) is 5.91 Å². The van der Waals surface area contributed by atoms with Gasteiger partial charge >= 0.3 is 6.09 Å². The molecule has 0 saturated heterocycles. The molecule has 0 aliphatic carbocycles. The molecule has 2 amide bonds. The van der Waals surface area contributed by atoms with Crippen LogP contribution < -0.4 is 15.8 Å². The summed E-state index contributed by atoms with van der Waals surface area (Å²) in [6, 6.07) is 13.4. The van der Waals surface area contributed by atoms with Crippen molar-refractivity contribution in [2.75, 3.05) is 0 Å². The van der Waals surface area contributed by atoms with Gasteiger partial charge in [0.05, 0.1) is 5.56 Å². The molecule has 0 aliphatic heterocycles. The second kappa shape index (κ2) is 11.0. The Bertz CT molecular complexity index is 1230. The van der Waals surface area contributed by atoms with Crippen LogP contribution in [0.5, 0.6) is 5.75 Å². The summed E-state index contributed by atoms with van der Waals surface area (Å²) in [5.41, 5.74) is 13.1. The van der Waals surface area contributed by atoms with Crippen molar-refractivity contribution in [3.8, 4) is 16.9 Å². The molecule has 7 heteroatoms. The zero-order valence-corrected chi connectivity index (χ0v) is 20.9. The van der Waals surface area contributed by atoms with E-state index in [2.05, 4.69) is 19.2 Å². The lowest BCUT2D eigenvalue weighted by atomic mass is 9.90. The number of rotatable bonds is 9. The average Bonchev–Trinajstić information content (AvgIpc) is 2.78. The minimum absolute atomic E-state index is 0.123. The highest BCUT2D eigenvalue weighted by molar-refractivity contribution is 5.95. The van der Waals surface area contributed by atoms with E-state index in [0.29, 0.717) is 23.7 Å². The third kappa shape index (κ3) is 6.38. The molecule has 2 aromatic carbocycles. The Morgan fingerprint density at radius 2 is 1.69 bits per heavy atom. The molecule has 0 radical (unpaired) electrons. The lowest BCUT2D eigenvalue weighted by molar-refractivity contribution is 0.0995. The highest BCUT2D eigenvalue weighted by atomic mass is 16.5. The van der Waals surface area contributed by atoms with E-state index in [0.717, 1.165) is 44.8 Å². The summed E-state index contributed by atoms with van der Waals surface area (Å²) in [4.78, 5) is 28.3. The van der Waals surface area contributed by atoms with Crippen LogP contribution in [0.1, 0.15) is 57.8 Å². The van der Waals surface area contributed by atoms with Crippen LogP contribution in [0.4, 0.5) is 4.79 Å². The number of pyridine rings is 1. The molecule has 0 aliphatic rings. The summed E-state index contributed by atoms with van der Waals surface area (Å²) in [7, 11) is 0. The number of aromatic nitrogens is 1. The maximum Gasteiger partial charge on any atom is 0.404 e. The number of nitrogens with one attached hydrogen (secondary N) is 1. The summed E-state index contributed by atoms with van der Waals surface area (Å²) >= 11 is 0. The van der Waals surface area contributed by atoms with Gasteiger partial charge in [0.15, 0.2) is 0 Å². The Balaban J connectivity index is 2.17. The number of benzene rings is 2. The molecule has 3 rings (SSSR count). The van der Waals surface area contributed by atoms with E-state index in [9.17, 15) is 14.7 Å². The fourth-order valence-corrected chi connectivity index (χ4v) is 4.11. The number of ether oxygens (including phenoxy) is 1. The molecule has 0 atom stereocenters. The Morgan fingerprint density at radius 3 is 2.29 bits per heavy atom. The number of carboxylic acid groups (broad SMARTS) is 1. The summed E-state index contributed by atoms with van der Waals surface area (Å²) in [6.07, 6.45) is -0.388. The summed E-state index contributed by atoms with van der Waals surface area (Å²) in [5, 5.41) is 11.8. The third-order valence-electron chi connectivity index (χ3n) is 5.82. The van der Waals surface area contributed by atoms with Crippen molar-refractivity contribution in [3.05, 3.63) is 81.7 Å². The third-order valence-corrected chi connectivity index (χ3v) is 5.82. The molecule has 0 bridgehead atoms. The Hall–Kier alpha value is -3.87. The van der Waals surface area contributed by atoms with Gasteiger partial charge < -0.3 is 20.9 Å². The van der Waals surface area contributed by atoms with Gasteiger partial charge in [0.1, 0.15) is 12.4 Å². The van der Waals surface area contributed by atoms with Crippen molar-refractivity contribution in [1.29, 1.82) is 0 Å². The van der Waals surface area contributed by atoms with Crippen LogP contribution in [-0.2, 0) is 19.6 Å². The average molecular weight is 476 g/mol. The number of carbonyl (C=O) groups is 2. The van der Waals surface area contributed by atoms with E-state index in [-0.39, 0.29) is 13.2 Å². The smallest absolute Gasteiger partial charge is 0.404 e. The van der Waals surface area contributed by atoms with Crippen LogP contribution in [0.3, 0.4) is 0 Å². The highest BCUT2D eigenvalue weighted by Crippen LogP contribution is 2.34. The van der Waals surface area contributed by atoms with E-state index in [1.165, 1.54) is 0 Å². The van der Waals surface area contributed by atoms with Crippen LogP contribution in [0.2, 0.25) is 0 Å². The summed E-state index contributed by atoms with van der Waals surface area (Å²) in [5.74, 6) is 0.175. The lowest BCUT2D eigenvalue weighted by Gasteiger charge is -2.22. The van der Waals surface area contributed by atoms with E-state index < -0.39 is 12.0 Å². The molecule has 35 heavy (non-hydrogen) atoms. The fraction of sp³-hybridized carbons (Fsp3) is 0.321. The monoisotopic (exact) mass is 475 g/mol. The molecule has 1 heterocycles. The van der Waals surface area contributed by atoms with Crippen LogP contribution >= 0.6 is 0 Å². The van der Waals surface area contributed by atoms with Crippen molar-refractivity contribution in [3.63, 3.8) is 0 Å². The molecular weight excluding hydrogens is 442 g/mol. The predicted octanol–water partition coefficient (Wildman–Crippen LogP) is 5.32.